The second kappa shape index (κ2) is 4.96. The zero-order chi connectivity index (χ0) is 11.5. The van der Waals surface area contributed by atoms with Gasteiger partial charge in [0.1, 0.15) is 0 Å². The van der Waals surface area contributed by atoms with E-state index < -0.39 is 0 Å². The zero-order valence-corrected chi connectivity index (χ0v) is 10.6. The summed E-state index contributed by atoms with van der Waals surface area (Å²) in [4.78, 5) is 7.06. The van der Waals surface area contributed by atoms with Gasteiger partial charge in [-0.25, -0.2) is 0 Å². The minimum atomic E-state index is 0.691. The van der Waals surface area contributed by atoms with Crippen LogP contribution in [0.25, 0.3) is 0 Å². The highest BCUT2D eigenvalue weighted by Gasteiger charge is 2.24. The summed E-state index contributed by atoms with van der Waals surface area (Å²) in [5.74, 6) is 0.803. The van der Waals surface area contributed by atoms with Crippen molar-refractivity contribution in [2.45, 2.75) is 39.7 Å². The molecule has 0 aliphatic carbocycles. The summed E-state index contributed by atoms with van der Waals surface area (Å²) in [6.07, 6.45) is 4.45. The molecule has 0 bridgehead atoms. The summed E-state index contributed by atoms with van der Waals surface area (Å²) < 4.78 is 0. The van der Waals surface area contributed by atoms with E-state index in [1.807, 2.05) is 6.20 Å². The lowest BCUT2D eigenvalue weighted by molar-refractivity contribution is 0.265. The summed E-state index contributed by atoms with van der Waals surface area (Å²) in [6, 6.07) is 5.03. The van der Waals surface area contributed by atoms with Crippen molar-refractivity contribution in [2.75, 3.05) is 13.1 Å². The van der Waals surface area contributed by atoms with Gasteiger partial charge in [0.25, 0.3) is 0 Å². The smallest absolute Gasteiger partial charge is 0.0407 e. The normalized spacial score (nSPS) is 21.9. The number of aromatic nitrogens is 1. The Kier molecular flexibility index (Phi) is 3.59. The minimum absolute atomic E-state index is 0.691. The molecule has 1 atom stereocenters. The first kappa shape index (κ1) is 11.6. The largest absolute Gasteiger partial charge is 0.301 e. The van der Waals surface area contributed by atoms with Crippen molar-refractivity contribution in [3.63, 3.8) is 0 Å². The van der Waals surface area contributed by atoms with Gasteiger partial charge in [0.2, 0.25) is 0 Å². The van der Waals surface area contributed by atoms with E-state index in [9.17, 15) is 0 Å². The van der Waals surface area contributed by atoms with E-state index in [-0.39, 0.29) is 0 Å². The van der Waals surface area contributed by atoms with E-state index >= 15 is 0 Å². The van der Waals surface area contributed by atoms with Crippen LogP contribution in [0.5, 0.6) is 0 Å². The third kappa shape index (κ3) is 2.82. The van der Waals surface area contributed by atoms with Crippen LogP contribution in [0.4, 0.5) is 0 Å². The molecule has 88 valence electrons. The molecule has 1 aliphatic rings. The van der Waals surface area contributed by atoms with Crippen molar-refractivity contribution >= 4 is 0 Å². The van der Waals surface area contributed by atoms with Crippen LogP contribution in [0, 0.1) is 12.8 Å². The van der Waals surface area contributed by atoms with Crippen molar-refractivity contribution in [3.8, 4) is 0 Å². The van der Waals surface area contributed by atoms with Crippen LogP contribution in [0.15, 0.2) is 18.3 Å². The second-order valence-electron chi connectivity index (χ2n) is 5.27. The van der Waals surface area contributed by atoms with Gasteiger partial charge in [0, 0.05) is 24.5 Å². The van der Waals surface area contributed by atoms with E-state index in [2.05, 4.69) is 42.8 Å². The predicted octanol–water partition coefficient (Wildman–Crippen LogP) is 2.66. The molecule has 1 aromatic rings. The van der Waals surface area contributed by atoms with Crippen molar-refractivity contribution < 1.29 is 0 Å². The number of likely N-dealkylation sites (tertiary alicyclic amines) is 1. The lowest BCUT2D eigenvalue weighted by atomic mass is 10.0. The molecule has 2 heteroatoms. The SMILES string of the molecule is Cc1ccc(CC2CCN(C(C)C)C2)nc1. The number of hydrogen-bond acceptors (Lipinski definition) is 2. The van der Waals surface area contributed by atoms with Crippen LogP contribution in [-0.4, -0.2) is 29.0 Å². The van der Waals surface area contributed by atoms with E-state index in [1.165, 1.54) is 30.8 Å². The van der Waals surface area contributed by atoms with E-state index in [4.69, 9.17) is 0 Å². The standard InChI is InChI=1S/C14H22N2/c1-11(2)16-7-6-13(10-16)8-14-5-4-12(3)9-15-14/h4-5,9,11,13H,6-8,10H2,1-3H3. The molecule has 0 spiro atoms. The maximum absolute atomic E-state index is 4.49. The van der Waals surface area contributed by atoms with Gasteiger partial charge in [0.15, 0.2) is 0 Å². The topological polar surface area (TPSA) is 16.1 Å². The van der Waals surface area contributed by atoms with Crippen LogP contribution >= 0.6 is 0 Å². The fourth-order valence-electron chi connectivity index (χ4n) is 2.41. The van der Waals surface area contributed by atoms with E-state index in [0.29, 0.717) is 6.04 Å². The molecule has 1 aromatic heterocycles. The fraction of sp³-hybridized carbons (Fsp3) is 0.643. The summed E-state index contributed by atoms with van der Waals surface area (Å²) in [6.45, 7) is 9.16. The summed E-state index contributed by atoms with van der Waals surface area (Å²) >= 11 is 0. The maximum atomic E-state index is 4.49. The number of nitrogens with zero attached hydrogens (tertiary/aromatic N) is 2. The molecule has 0 amide bonds. The lowest BCUT2D eigenvalue weighted by Gasteiger charge is -2.20. The number of hydrogen-bond donors (Lipinski definition) is 0. The molecule has 16 heavy (non-hydrogen) atoms. The van der Waals surface area contributed by atoms with Crippen LogP contribution < -0.4 is 0 Å². The van der Waals surface area contributed by atoms with Crippen LogP contribution in [0.3, 0.4) is 0 Å². The van der Waals surface area contributed by atoms with Crippen LogP contribution in [0.2, 0.25) is 0 Å². The van der Waals surface area contributed by atoms with Crippen molar-refractivity contribution in [1.82, 2.24) is 9.88 Å². The Bertz CT molecular complexity index is 329. The minimum Gasteiger partial charge on any atom is -0.301 e. The van der Waals surface area contributed by atoms with Gasteiger partial charge in [-0.05, 0) is 57.7 Å². The van der Waals surface area contributed by atoms with E-state index in [0.717, 1.165) is 12.3 Å². The fourth-order valence-corrected chi connectivity index (χ4v) is 2.41. The molecule has 1 unspecified atom stereocenters. The number of rotatable bonds is 3. The maximum Gasteiger partial charge on any atom is 0.0407 e. The summed E-state index contributed by atoms with van der Waals surface area (Å²) in [5, 5.41) is 0. The van der Waals surface area contributed by atoms with Crippen molar-refractivity contribution in [3.05, 3.63) is 29.6 Å². The lowest BCUT2D eigenvalue weighted by Crippen LogP contribution is -2.28. The quantitative estimate of drug-likeness (QED) is 0.775. The van der Waals surface area contributed by atoms with Crippen molar-refractivity contribution in [1.29, 1.82) is 0 Å². The average molecular weight is 218 g/mol. The number of pyridine rings is 1. The molecule has 0 aromatic carbocycles. The molecule has 0 saturated carbocycles. The molecule has 1 aliphatic heterocycles. The summed E-state index contributed by atoms with van der Waals surface area (Å²) in [7, 11) is 0. The Morgan fingerprint density at radius 1 is 1.44 bits per heavy atom. The molecule has 0 radical (unpaired) electrons. The Balaban J connectivity index is 1.89. The van der Waals surface area contributed by atoms with Crippen LogP contribution in [0.1, 0.15) is 31.5 Å². The molecule has 1 fully saturated rings. The van der Waals surface area contributed by atoms with Gasteiger partial charge in [-0.3, -0.25) is 4.98 Å². The highest BCUT2D eigenvalue weighted by molar-refractivity contribution is 5.12. The molecular formula is C14H22N2. The molecular weight excluding hydrogens is 196 g/mol. The van der Waals surface area contributed by atoms with Gasteiger partial charge in [-0.2, -0.15) is 0 Å². The zero-order valence-electron chi connectivity index (χ0n) is 10.6. The first-order valence-corrected chi connectivity index (χ1v) is 6.30. The summed E-state index contributed by atoms with van der Waals surface area (Å²) in [5.41, 5.74) is 2.50. The molecule has 2 heterocycles. The first-order valence-electron chi connectivity index (χ1n) is 6.30. The average Bonchev–Trinajstić information content (AvgIpc) is 2.70. The number of aryl methyl sites for hydroxylation is 1. The second-order valence-corrected chi connectivity index (χ2v) is 5.27. The van der Waals surface area contributed by atoms with E-state index in [1.54, 1.807) is 0 Å². The highest BCUT2D eigenvalue weighted by atomic mass is 15.2. The van der Waals surface area contributed by atoms with Gasteiger partial charge in [-0.15, -0.1) is 0 Å². The molecule has 2 rings (SSSR count). The Morgan fingerprint density at radius 2 is 2.25 bits per heavy atom. The van der Waals surface area contributed by atoms with Gasteiger partial charge in [0.05, 0.1) is 0 Å². The van der Waals surface area contributed by atoms with Crippen LogP contribution in [-0.2, 0) is 6.42 Å². The molecule has 0 N–H and O–H groups in total. The Labute approximate surface area is 98.7 Å². The Hall–Kier alpha value is -0.890. The first-order chi connectivity index (χ1) is 7.65. The Morgan fingerprint density at radius 3 is 2.81 bits per heavy atom. The third-order valence-corrected chi connectivity index (χ3v) is 3.52. The highest BCUT2D eigenvalue weighted by Crippen LogP contribution is 2.21. The van der Waals surface area contributed by atoms with Gasteiger partial charge < -0.3 is 4.90 Å². The monoisotopic (exact) mass is 218 g/mol. The van der Waals surface area contributed by atoms with Gasteiger partial charge >= 0.3 is 0 Å². The predicted molar refractivity (Wildman–Crippen MR) is 67.5 cm³/mol. The van der Waals surface area contributed by atoms with Crippen molar-refractivity contribution in [2.24, 2.45) is 5.92 Å². The molecule has 1 saturated heterocycles. The third-order valence-electron chi connectivity index (χ3n) is 3.52. The van der Waals surface area contributed by atoms with Gasteiger partial charge in [-0.1, -0.05) is 6.07 Å². The molecule has 2 nitrogen and oxygen atoms in total.